The maximum atomic E-state index is 4.74. The van der Waals surface area contributed by atoms with Crippen molar-refractivity contribution in [2.24, 2.45) is 10.1 Å². The van der Waals surface area contributed by atoms with Gasteiger partial charge in [-0.3, -0.25) is 4.99 Å². The van der Waals surface area contributed by atoms with Gasteiger partial charge < -0.3 is 4.98 Å². The number of nitrogens with one attached hydrogen (secondary N) is 1. The van der Waals surface area contributed by atoms with E-state index in [2.05, 4.69) is 39.6 Å². The van der Waals surface area contributed by atoms with Gasteiger partial charge in [-0.05, 0) is 13.0 Å². The number of hydrogen-bond donors (Lipinski definition) is 1. The Labute approximate surface area is 149 Å². The average molecular weight is 346 g/mol. The number of thiazole rings is 1. The van der Waals surface area contributed by atoms with Gasteiger partial charge in [-0.25, -0.2) is 4.68 Å². The first-order chi connectivity index (χ1) is 12.4. The van der Waals surface area contributed by atoms with Crippen molar-refractivity contribution < 1.29 is 0 Å². The van der Waals surface area contributed by atoms with Gasteiger partial charge in [0.05, 0.1) is 11.9 Å². The molecule has 5 heteroatoms. The van der Waals surface area contributed by atoms with Crippen LogP contribution in [0, 0.1) is 0 Å². The van der Waals surface area contributed by atoms with Crippen molar-refractivity contribution in [1.82, 2.24) is 9.66 Å². The topological polar surface area (TPSA) is 45.4 Å². The third kappa shape index (κ3) is 3.06. The highest BCUT2D eigenvalue weighted by molar-refractivity contribution is 7.07. The summed E-state index contributed by atoms with van der Waals surface area (Å²) in [6, 6.07) is 18.5. The summed E-state index contributed by atoms with van der Waals surface area (Å²) < 4.78 is 1.92. The van der Waals surface area contributed by atoms with Crippen molar-refractivity contribution in [1.29, 1.82) is 0 Å². The summed E-state index contributed by atoms with van der Waals surface area (Å²) in [7, 11) is 0. The SMILES string of the molecule is CCN=c1scc(-c2ccccc2)n1/N=C/c1c[nH]c2ccccc12. The molecule has 0 fully saturated rings. The fraction of sp³-hybridized carbons (Fsp3) is 0.100. The molecule has 0 amide bonds. The van der Waals surface area contributed by atoms with Crippen molar-refractivity contribution in [3.05, 3.63) is 76.5 Å². The van der Waals surface area contributed by atoms with Crippen LogP contribution in [0.3, 0.4) is 0 Å². The van der Waals surface area contributed by atoms with Gasteiger partial charge >= 0.3 is 0 Å². The largest absolute Gasteiger partial charge is 0.361 e. The molecule has 4 nitrogen and oxygen atoms in total. The minimum Gasteiger partial charge on any atom is -0.361 e. The standard InChI is InChI=1S/C20H18N4S/c1-2-21-20-24(19(14-25-20)15-8-4-3-5-9-15)23-13-16-12-22-18-11-7-6-10-17(16)18/h3-14,22H,2H2,1H3/b21-20?,23-13+. The van der Waals surface area contributed by atoms with Gasteiger partial charge in [0.2, 0.25) is 4.80 Å². The summed E-state index contributed by atoms with van der Waals surface area (Å²) in [6.45, 7) is 2.77. The molecule has 0 saturated carbocycles. The molecule has 0 aliphatic carbocycles. The number of rotatable bonds is 4. The predicted octanol–water partition coefficient (Wildman–Crippen LogP) is 4.50. The minimum atomic E-state index is 0.733. The lowest BCUT2D eigenvalue weighted by Gasteiger charge is -2.03. The van der Waals surface area contributed by atoms with E-state index in [1.54, 1.807) is 11.3 Å². The first-order valence-electron chi connectivity index (χ1n) is 8.23. The van der Waals surface area contributed by atoms with E-state index >= 15 is 0 Å². The quantitative estimate of drug-likeness (QED) is 0.529. The van der Waals surface area contributed by atoms with Crippen LogP contribution < -0.4 is 4.80 Å². The van der Waals surface area contributed by atoms with Crippen molar-refractivity contribution in [2.75, 3.05) is 6.54 Å². The van der Waals surface area contributed by atoms with E-state index in [-0.39, 0.29) is 0 Å². The number of aromatic nitrogens is 2. The molecule has 0 spiro atoms. The van der Waals surface area contributed by atoms with Crippen LogP contribution in [0.5, 0.6) is 0 Å². The highest BCUT2D eigenvalue weighted by Gasteiger charge is 2.07. The molecule has 1 N–H and O–H groups in total. The van der Waals surface area contributed by atoms with E-state index < -0.39 is 0 Å². The Kier molecular flexibility index (Phi) is 4.31. The fourth-order valence-electron chi connectivity index (χ4n) is 2.78. The van der Waals surface area contributed by atoms with Crippen molar-refractivity contribution in [3.8, 4) is 11.3 Å². The van der Waals surface area contributed by atoms with Crippen molar-refractivity contribution >= 4 is 28.5 Å². The lowest BCUT2D eigenvalue weighted by molar-refractivity contribution is 0.833. The molecular formula is C20H18N4S. The fourth-order valence-corrected chi connectivity index (χ4v) is 3.68. The highest BCUT2D eigenvalue weighted by atomic mass is 32.1. The molecule has 2 aromatic heterocycles. The molecule has 0 unspecified atom stereocenters. The smallest absolute Gasteiger partial charge is 0.206 e. The van der Waals surface area contributed by atoms with Gasteiger partial charge in [0.25, 0.3) is 0 Å². The summed E-state index contributed by atoms with van der Waals surface area (Å²) in [4.78, 5) is 8.76. The molecule has 0 bridgehead atoms. The van der Waals surface area contributed by atoms with Gasteiger partial charge in [0.1, 0.15) is 0 Å². The van der Waals surface area contributed by atoms with Gasteiger partial charge in [-0.2, -0.15) is 5.10 Å². The zero-order valence-electron chi connectivity index (χ0n) is 13.9. The lowest BCUT2D eigenvalue weighted by atomic mass is 10.2. The monoisotopic (exact) mass is 346 g/mol. The number of H-pyrrole nitrogens is 1. The van der Waals surface area contributed by atoms with Crippen LogP contribution in [0.2, 0.25) is 0 Å². The third-order valence-corrected chi connectivity index (χ3v) is 4.84. The Hall–Kier alpha value is -2.92. The first kappa shape index (κ1) is 15.6. The maximum absolute atomic E-state index is 4.74. The normalized spacial score (nSPS) is 12.4. The predicted molar refractivity (Wildman–Crippen MR) is 105 cm³/mol. The van der Waals surface area contributed by atoms with Crippen molar-refractivity contribution in [3.63, 3.8) is 0 Å². The van der Waals surface area contributed by atoms with E-state index in [4.69, 9.17) is 5.10 Å². The van der Waals surface area contributed by atoms with E-state index in [0.29, 0.717) is 0 Å². The number of nitrogens with zero attached hydrogens (tertiary/aromatic N) is 3. The lowest BCUT2D eigenvalue weighted by Crippen LogP contribution is -2.12. The Morgan fingerprint density at radius 2 is 1.88 bits per heavy atom. The maximum Gasteiger partial charge on any atom is 0.206 e. The Bertz CT molecular complexity index is 1080. The Morgan fingerprint density at radius 3 is 2.72 bits per heavy atom. The summed E-state index contributed by atoms with van der Waals surface area (Å²) >= 11 is 1.61. The van der Waals surface area contributed by atoms with Crippen molar-refractivity contribution in [2.45, 2.75) is 6.92 Å². The molecule has 0 aliphatic rings. The second kappa shape index (κ2) is 6.91. The van der Waals surface area contributed by atoms with Crippen LogP contribution in [0.15, 0.2) is 76.3 Å². The molecule has 25 heavy (non-hydrogen) atoms. The molecule has 4 aromatic rings. The third-order valence-electron chi connectivity index (χ3n) is 3.98. The zero-order valence-corrected chi connectivity index (χ0v) is 14.7. The van der Waals surface area contributed by atoms with Gasteiger partial charge in [-0.15, -0.1) is 11.3 Å². The molecule has 0 saturated heterocycles. The number of hydrogen-bond acceptors (Lipinski definition) is 3. The first-order valence-corrected chi connectivity index (χ1v) is 9.11. The van der Waals surface area contributed by atoms with Crippen LogP contribution in [0.25, 0.3) is 22.2 Å². The molecule has 124 valence electrons. The van der Waals surface area contributed by atoms with Crippen LogP contribution in [0.4, 0.5) is 0 Å². The molecule has 2 heterocycles. The minimum absolute atomic E-state index is 0.733. The summed E-state index contributed by atoms with van der Waals surface area (Å²) in [5, 5.41) is 8.01. The highest BCUT2D eigenvalue weighted by Crippen LogP contribution is 2.20. The van der Waals surface area contributed by atoms with Crippen LogP contribution in [0.1, 0.15) is 12.5 Å². The van der Waals surface area contributed by atoms with E-state index in [9.17, 15) is 0 Å². The number of fused-ring (bicyclic) bond motifs is 1. The second-order valence-electron chi connectivity index (χ2n) is 5.59. The Morgan fingerprint density at radius 1 is 1.08 bits per heavy atom. The number of benzene rings is 2. The number of aromatic amines is 1. The summed E-state index contributed by atoms with van der Waals surface area (Å²) in [5.41, 5.74) is 4.36. The molecule has 2 aromatic carbocycles. The summed E-state index contributed by atoms with van der Waals surface area (Å²) in [5.74, 6) is 0. The molecule has 4 rings (SSSR count). The average Bonchev–Trinajstić information content (AvgIpc) is 3.25. The van der Waals surface area contributed by atoms with Crippen LogP contribution in [-0.4, -0.2) is 22.4 Å². The van der Waals surface area contributed by atoms with Gasteiger partial charge in [-0.1, -0.05) is 48.5 Å². The van der Waals surface area contributed by atoms with Gasteiger partial charge in [0, 0.05) is 40.2 Å². The van der Waals surface area contributed by atoms with E-state index in [1.807, 2.05) is 54.3 Å². The molecule has 0 radical (unpaired) electrons. The van der Waals surface area contributed by atoms with E-state index in [1.165, 1.54) is 0 Å². The molecule has 0 aliphatic heterocycles. The second-order valence-corrected chi connectivity index (χ2v) is 6.43. The molecule has 0 atom stereocenters. The van der Waals surface area contributed by atoms with Crippen LogP contribution in [-0.2, 0) is 0 Å². The molecular weight excluding hydrogens is 328 g/mol. The van der Waals surface area contributed by atoms with E-state index in [0.717, 1.165) is 39.1 Å². The summed E-state index contributed by atoms with van der Waals surface area (Å²) in [6.07, 6.45) is 3.88. The Balaban J connectivity index is 1.81. The zero-order chi connectivity index (χ0) is 17.1. The van der Waals surface area contributed by atoms with Crippen LogP contribution >= 0.6 is 11.3 Å². The van der Waals surface area contributed by atoms with Gasteiger partial charge in [0.15, 0.2) is 0 Å². The number of para-hydroxylation sites is 1.